The Bertz CT molecular complexity index is 1340. The average molecular weight is 496 g/mol. The third kappa shape index (κ3) is 4.81. The molecule has 0 radical (unpaired) electrons. The number of carbonyl (C=O) groups is 1. The molecule has 1 amide bonds. The van der Waals surface area contributed by atoms with Gasteiger partial charge in [-0.2, -0.15) is 5.10 Å². The van der Waals surface area contributed by atoms with Crippen LogP contribution in [0.15, 0.2) is 53.1 Å². The summed E-state index contributed by atoms with van der Waals surface area (Å²) in [6.45, 7) is 5.04. The molecule has 4 heterocycles. The van der Waals surface area contributed by atoms with Crippen molar-refractivity contribution < 1.29 is 22.7 Å². The van der Waals surface area contributed by atoms with E-state index in [0.717, 1.165) is 25.4 Å². The van der Waals surface area contributed by atoms with Crippen LogP contribution in [0.3, 0.4) is 0 Å². The minimum Gasteiger partial charge on any atom is -0.497 e. The predicted octanol–water partition coefficient (Wildman–Crippen LogP) is 4.29. The zero-order valence-corrected chi connectivity index (χ0v) is 20.2. The summed E-state index contributed by atoms with van der Waals surface area (Å²) in [5.41, 5.74) is 1.96. The number of fused-ring (bicyclic) bond motifs is 1. The highest BCUT2D eigenvalue weighted by Crippen LogP contribution is 2.33. The molecule has 0 bridgehead atoms. The minimum atomic E-state index is -2.71. The van der Waals surface area contributed by atoms with Crippen molar-refractivity contribution in [3.63, 3.8) is 0 Å². The molecule has 10 heteroatoms. The van der Waals surface area contributed by atoms with Crippen molar-refractivity contribution in [3.05, 3.63) is 65.5 Å². The Balaban J connectivity index is 1.30. The maximum Gasteiger partial charge on any atom is 0.264 e. The molecule has 1 aliphatic heterocycles. The van der Waals surface area contributed by atoms with E-state index in [9.17, 15) is 13.6 Å². The third-order valence-electron chi connectivity index (χ3n) is 6.49. The van der Waals surface area contributed by atoms with Crippen LogP contribution in [0, 0.1) is 6.92 Å². The Morgan fingerprint density at radius 3 is 2.53 bits per heavy atom. The zero-order chi connectivity index (χ0) is 25.2. The second-order valence-corrected chi connectivity index (χ2v) is 8.82. The molecule has 36 heavy (non-hydrogen) atoms. The van der Waals surface area contributed by atoms with E-state index in [1.54, 1.807) is 31.1 Å². The molecule has 1 fully saturated rings. The number of rotatable bonds is 7. The molecule has 0 unspecified atom stereocenters. The molecule has 0 N–H and O–H groups in total. The Morgan fingerprint density at radius 2 is 1.89 bits per heavy atom. The highest BCUT2D eigenvalue weighted by molar-refractivity contribution is 5.86. The maximum absolute atomic E-state index is 13.9. The van der Waals surface area contributed by atoms with Crippen LogP contribution in [-0.2, 0) is 17.9 Å². The largest absolute Gasteiger partial charge is 0.497 e. The smallest absolute Gasteiger partial charge is 0.264 e. The Labute approximate surface area is 207 Å². The maximum atomic E-state index is 13.9. The van der Waals surface area contributed by atoms with Crippen LogP contribution in [0.4, 0.5) is 8.78 Å². The molecule has 0 atom stereocenters. The van der Waals surface area contributed by atoms with Crippen molar-refractivity contribution in [1.29, 1.82) is 0 Å². The van der Waals surface area contributed by atoms with Gasteiger partial charge in [-0.15, -0.1) is 0 Å². The molecule has 1 saturated heterocycles. The summed E-state index contributed by atoms with van der Waals surface area (Å²) < 4.78 is 39.8. The standard InChI is InChI=1S/C26H27F2N5O3/c1-17-24-20(25(27)28)14-21(22-4-3-13-36-22)29-26(24)33(30-17)16-23(34)32-11-9-31(10-12-32)15-18-5-7-19(35-2)8-6-18/h3-8,13-14,25H,9-12,15-16H2,1-2H3. The van der Waals surface area contributed by atoms with Gasteiger partial charge in [-0.05, 0) is 42.8 Å². The van der Waals surface area contributed by atoms with E-state index in [4.69, 9.17) is 9.15 Å². The quantitative estimate of drug-likeness (QED) is 0.381. The van der Waals surface area contributed by atoms with Gasteiger partial charge in [0, 0.05) is 38.3 Å². The number of carbonyl (C=O) groups excluding carboxylic acids is 1. The lowest BCUT2D eigenvalue weighted by atomic mass is 10.1. The summed E-state index contributed by atoms with van der Waals surface area (Å²) in [6, 6.07) is 12.6. The van der Waals surface area contributed by atoms with Gasteiger partial charge in [0.2, 0.25) is 5.91 Å². The number of halogens is 2. The van der Waals surface area contributed by atoms with E-state index in [-0.39, 0.29) is 34.7 Å². The van der Waals surface area contributed by atoms with Crippen molar-refractivity contribution in [2.24, 2.45) is 0 Å². The molecule has 188 valence electrons. The van der Waals surface area contributed by atoms with Crippen LogP contribution in [0.25, 0.3) is 22.5 Å². The molecule has 3 aromatic heterocycles. The number of alkyl halides is 2. The number of hydrogen-bond acceptors (Lipinski definition) is 6. The molecule has 5 rings (SSSR count). The summed E-state index contributed by atoms with van der Waals surface area (Å²) in [7, 11) is 1.64. The van der Waals surface area contributed by atoms with Crippen molar-refractivity contribution >= 4 is 16.9 Å². The Hall–Kier alpha value is -3.79. The summed E-state index contributed by atoms with van der Waals surface area (Å²) in [4.78, 5) is 21.7. The van der Waals surface area contributed by atoms with Crippen LogP contribution in [0.1, 0.15) is 23.2 Å². The molecule has 8 nitrogen and oxygen atoms in total. The lowest BCUT2D eigenvalue weighted by molar-refractivity contribution is -0.133. The highest BCUT2D eigenvalue weighted by atomic mass is 19.3. The van der Waals surface area contributed by atoms with Crippen molar-refractivity contribution in [2.45, 2.75) is 26.4 Å². The molecule has 0 saturated carbocycles. The fourth-order valence-electron chi connectivity index (χ4n) is 4.59. The lowest BCUT2D eigenvalue weighted by Gasteiger charge is -2.34. The van der Waals surface area contributed by atoms with Gasteiger partial charge in [-0.25, -0.2) is 18.4 Å². The van der Waals surface area contributed by atoms with Crippen LogP contribution in [-0.4, -0.2) is 63.8 Å². The van der Waals surface area contributed by atoms with Gasteiger partial charge in [0.25, 0.3) is 6.43 Å². The van der Waals surface area contributed by atoms with Gasteiger partial charge in [0.1, 0.15) is 18.0 Å². The van der Waals surface area contributed by atoms with Crippen molar-refractivity contribution in [1.82, 2.24) is 24.6 Å². The van der Waals surface area contributed by atoms with Gasteiger partial charge in [0.05, 0.1) is 24.5 Å². The number of furan rings is 1. The van der Waals surface area contributed by atoms with Crippen LogP contribution in [0.5, 0.6) is 5.75 Å². The van der Waals surface area contributed by atoms with E-state index in [2.05, 4.69) is 15.0 Å². The molecule has 4 aromatic rings. The van der Waals surface area contributed by atoms with Crippen molar-refractivity contribution in [2.75, 3.05) is 33.3 Å². The Kier molecular flexibility index (Phi) is 6.69. The predicted molar refractivity (Wildman–Crippen MR) is 130 cm³/mol. The number of benzene rings is 1. The van der Waals surface area contributed by atoms with Crippen LogP contribution < -0.4 is 4.74 Å². The first-order chi connectivity index (χ1) is 17.4. The third-order valence-corrected chi connectivity index (χ3v) is 6.49. The van der Waals surface area contributed by atoms with Crippen LogP contribution >= 0.6 is 0 Å². The van der Waals surface area contributed by atoms with E-state index in [1.165, 1.54) is 22.6 Å². The highest BCUT2D eigenvalue weighted by Gasteiger charge is 2.25. The fraction of sp³-hybridized carbons (Fsp3) is 0.346. The van der Waals surface area contributed by atoms with E-state index in [0.29, 0.717) is 24.5 Å². The average Bonchev–Trinajstić information content (AvgIpc) is 3.53. The molecular weight excluding hydrogens is 468 g/mol. The number of methoxy groups -OCH3 is 1. The molecule has 0 spiro atoms. The summed E-state index contributed by atoms with van der Waals surface area (Å²) in [6.07, 6.45) is -1.25. The first kappa shape index (κ1) is 23.9. The molecular formula is C26H27F2N5O3. The van der Waals surface area contributed by atoms with Gasteiger partial charge in [0.15, 0.2) is 11.4 Å². The topological polar surface area (TPSA) is 76.6 Å². The number of hydrogen-bond donors (Lipinski definition) is 0. The minimum absolute atomic E-state index is 0.0693. The number of piperazine rings is 1. The lowest BCUT2D eigenvalue weighted by Crippen LogP contribution is -2.49. The summed E-state index contributed by atoms with van der Waals surface area (Å²) in [5.74, 6) is 1.08. The van der Waals surface area contributed by atoms with Gasteiger partial charge < -0.3 is 14.1 Å². The SMILES string of the molecule is COc1ccc(CN2CCN(C(=O)Cn3nc(C)c4c(C(F)F)cc(-c5ccco5)nc43)CC2)cc1. The second-order valence-electron chi connectivity index (χ2n) is 8.82. The first-order valence-electron chi connectivity index (χ1n) is 11.8. The first-order valence-corrected chi connectivity index (χ1v) is 11.8. The number of nitrogens with zero attached hydrogens (tertiary/aromatic N) is 5. The van der Waals surface area contributed by atoms with Gasteiger partial charge >= 0.3 is 0 Å². The van der Waals surface area contributed by atoms with E-state index >= 15 is 0 Å². The monoisotopic (exact) mass is 495 g/mol. The van der Waals surface area contributed by atoms with Crippen LogP contribution in [0.2, 0.25) is 0 Å². The summed E-state index contributed by atoms with van der Waals surface area (Å²) in [5, 5.41) is 4.67. The molecule has 1 aromatic carbocycles. The summed E-state index contributed by atoms with van der Waals surface area (Å²) >= 11 is 0. The number of aromatic nitrogens is 3. The fourth-order valence-corrected chi connectivity index (χ4v) is 4.59. The molecule has 0 aliphatic carbocycles. The second kappa shape index (κ2) is 10.1. The number of aryl methyl sites for hydroxylation is 1. The van der Waals surface area contributed by atoms with Gasteiger partial charge in [-0.3, -0.25) is 9.69 Å². The van der Waals surface area contributed by atoms with E-state index < -0.39 is 6.43 Å². The molecule has 1 aliphatic rings. The zero-order valence-electron chi connectivity index (χ0n) is 20.2. The number of ether oxygens (including phenoxy) is 1. The van der Waals surface area contributed by atoms with Gasteiger partial charge in [-0.1, -0.05) is 12.1 Å². The Morgan fingerprint density at radius 1 is 1.14 bits per heavy atom. The van der Waals surface area contributed by atoms with Crippen molar-refractivity contribution in [3.8, 4) is 17.2 Å². The normalized spacial score (nSPS) is 14.6. The van der Waals surface area contributed by atoms with E-state index in [1.807, 2.05) is 24.3 Å². The number of pyridine rings is 1. The number of amides is 1.